The van der Waals surface area contributed by atoms with E-state index in [0.717, 1.165) is 28.7 Å². The zero-order valence-corrected chi connectivity index (χ0v) is 16.6. The molecule has 0 spiro atoms. The Morgan fingerprint density at radius 1 is 0.778 bits per heavy atom. The van der Waals surface area contributed by atoms with Crippen molar-refractivity contribution in [2.24, 2.45) is 0 Å². The lowest BCUT2D eigenvalue weighted by molar-refractivity contribution is 0.867. The van der Waals surface area contributed by atoms with E-state index in [0.29, 0.717) is 11.7 Å². The van der Waals surface area contributed by atoms with Gasteiger partial charge in [0.1, 0.15) is 17.5 Å². The third kappa shape index (κ3) is 4.97. The summed E-state index contributed by atoms with van der Waals surface area (Å²) in [5.74, 6) is 2.77. The summed E-state index contributed by atoms with van der Waals surface area (Å²) in [6.07, 6.45) is 0. The monoisotopic (exact) mass is 361 g/mol. The van der Waals surface area contributed by atoms with Gasteiger partial charge in [-0.2, -0.15) is 0 Å². The Morgan fingerprint density at radius 2 is 1.26 bits per heavy atom. The van der Waals surface area contributed by atoms with Crippen molar-refractivity contribution in [2.75, 3.05) is 29.6 Å². The van der Waals surface area contributed by atoms with Crippen molar-refractivity contribution in [3.05, 3.63) is 66.0 Å². The van der Waals surface area contributed by atoms with Crippen molar-refractivity contribution < 1.29 is 0 Å². The molecule has 0 aliphatic heterocycles. The molecule has 0 radical (unpaired) electrons. The summed E-state index contributed by atoms with van der Waals surface area (Å²) in [5.41, 5.74) is 4.49. The van der Waals surface area contributed by atoms with Crippen LogP contribution in [0, 0.1) is 6.92 Å². The van der Waals surface area contributed by atoms with Gasteiger partial charge in [-0.25, -0.2) is 9.97 Å². The smallest absolute Gasteiger partial charge is 0.136 e. The highest BCUT2D eigenvalue weighted by atomic mass is 15.1. The first-order valence-electron chi connectivity index (χ1n) is 9.18. The van der Waals surface area contributed by atoms with Crippen LogP contribution < -0.4 is 15.5 Å². The average Bonchev–Trinajstić information content (AvgIpc) is 2.62. The number of nitrogens with one attached hydrogen (secondary N) is 2. The Hall–Kier alpha value is -3.08. The van der Waals surface area contributed by atoms with E-state index in [1.807, 2.05) is 39.2 Å². The Labute approximate surface area is 161 Å². The molecule has 0 amide bonds. The maximum absolute atomic E-state index is 4.50. The number of anilines is 5. The van der Waals surface area contributed by atoms with Crippen LogP contribution in [0.15, 0.2) is 54.6 Å². The molecule has 1 aromatic heterocycles. The standard InChI is InChI=1S/C22H27N5/c1-15(2)17-6-8-18(9-7-17)25-21-14-22(24-16(3)23-21)26-19-10-12-20(13-11-19)27(4)5/h6-15H,1-5H3,(H2,23,24,25,26). The molecule has 2 aromatic carbocycles. The summed E-state index contributed by atoms with van der Waals surface area (Å²) in [6.45, 7) is 6.28. The van der Waals surface area contributed by atoms with Crippen molar-refractivity contribution in [3.63, 3.8) is 0 Å². The Kier molecular flexibility index (Phi) is 5.60. The Bertz CT molecular complexity index is 812. The van der Waals surface area contributed by atoms with Gasteiger partial charge in [-0.15, -0.1) is 0 Å². The fourth-order valence-corrected chi connectivity index (χ4v) is 2.79. The van der Waals surface area contributed by atoms with Crippen LogP contribution in [0.4, 0.5) is 28.7 Å². The van der Waals surface area contributed by atoms with E-state index in [4.69, 9.17) is 0 Å². The second kappa shape index (κ2) is 8.08. The van der Waals surface area contributed by atoms with E-state index in [2.05, 4.69) is 75.7 Å². The van der Waals surface area contributed by atoms with Crippen molar-refractivity contribution >= 4 is 28.7 Å². The van der Waals surface area contributed by atoms with Crippen molar-refractivity contribution in [1.29, 1.82) is 0 Å². The van der Waals surface area contributed by atoms with Crippen LogP contribution in [0.25, 0.3) is 0 Å². The van der Waals surface area contributed by atoms with Crippen LogP contribution in [-0.4, -0.2) is 24.1 Å². The van der Waals surface area contributed by atoms with E-state index in [9.17, 15) is 0 Å². The molecular weight excluding hydrogens is 334 g/mol. The van der Waals surface area contributed by atoms with E-state index in [1.54, 1.807) is 0 Å². The van der Waals surface area contributed by atoms with E-state index in [1.165, 1.54) is 5.56 Å². The summed E-state index contributed by atoms with van der Waals surface area (Å²) in [7, 11) is 4.06. The van der Waals surface area contributed by atoms with Gasteiger partial charge in [0, 0.05) is 37.2 Å². The lowest BCUT2D eigenvalue weighted by Crippen LogP contribution is -2.08. The van der Waals surface area contributed by atoms with Gasteiger partial charge in [0.15, 0.2) is 0 Å². The van der Waals surface area contributed by atoms with Gasteiger partial charge >= 0.3 is 0 Å². The van der Waals surface area contributed by atoms with Gasteiger partial charge in [0.2, 0.25) is 0 Å². The van der Waals surface area contributed by atoms with E-state index >= 15 is 0 Å². The van der Waals surface area contributed by atoms with Crippen LogP contribution >= 0.6 is 0 Å². The second-order valence-electron chi connectivity index (χ2n) is 7.15. The van der Waals surface area contributed by atoms with Crippen LogP contribution in [0.5, 0.6) is 0 Å². The number of nitrogens with zero attached hydrogens (tertiary/aromatic N) is 3. The molecule has 0 aliphatic rings. The van der Waals surface area contributed by atoms with Gasteiger partial charge in [-0.05, 0) is 54.8 Å². The lowest BCUT2D eigenvalue weighted by Gasteiger charge is -2.14. The minimum Gasteiger partial charge on any atom is -0.378 e. The first-order chi connectivity index (χ1) is 12.9. The molecule has 0 unspecified atom stereocenters. The normalized spacial score (nSPS) is 10.7. The minimum atomic E-state index is 0.523. The average molecular weight is 361 g/mol. The molecule has 2 N–H and O–H groups in total. The Balaban J connectivity index is 1.75. The van der Waals surface area contributed by atoms with Gasteiger partial charge in [0.25, 0.3) is 0 Å². The van der Waals surface area contributed by atoms with Gasteiger partial charge in [-0.3, -0.25) is 0 Å². The molecule has 3 aromatic rings. The fraction of sp³-hybridized carbons (Fsp3) is 0.273. The minimum absolute atomic E-state index is 0.523. The molecule has 0 atom stereocenters. The molecule has 0 aliphatic carbocycles. The molecule has 5 nitrogen and oxygen atoms in total. The largest absolute Gasteiger partial charge is 0.378 e. The first kappa shape index (κ1) is 18.7. The number of aromatic nitrogens is 2. The van der Waals surface area contributed by atoms with Crippen molar-refractivity contribution in [1.82, 2.24) is 9.97 Å². The highest BCUT2D eigenvalue weighted by molar-refractivity contribution is 5.65. The molecule has 0 bridgehead atoms. The Morgan fingerprint density at radius 3 is 1.70 bits per heavy atom. The quantitative estimate of drug-likeness (QED) is 0.610. The second-order valence-corrected chi connectivity index (χ2v) is 7.15. The molecule has 0 saturated carbocycles. The molecule has 140 valence electrons. The summed E-state index contributed by atoms with van der Waals surface area (Å²) >= 11 is 0. The zero-order valence-electron chi connectivity index (χ0n) is 16.6. The van der Waals surface area contributed by atoms with E-state index in [-0.39, 0.29) is 0 Å². The molecule has 5 heteroatoms. The lowest BCUT2D eigenvalue weighted by atomic mass is 10.0. The van der Waals surface area contributed by atoms with Crippen LogP contribution in [0.3, 0.4) is 0 Å². The number of aryl methyl sites for hydroxylation is 1. The highest BCUT2D eigenvalue weighted by Gasteiger charge is 2.05. The van der Waals surface area contributed by atoms with Crippen LogP contribution in [-0.2, 0) is 0 Å². The molecular formula is C22H27N5. The maximum atomic E-state index is 4.50. The summed E-state index contributed by atoms with van der Waals surface area (Å²) in [5, 5.41) is 6.71. The number of rotatable bonds is 6. The molecule has 0 fully saturated rings. The summed E-state index contributed by atoms with van der Waals surface area (Å²) < 4.78 is 0. The third-order valence-corrected chi connectivity index (χ3v) is 4.34. The number of hydrogen-bond donors (Lipinski definition) is 2. The molecule has 27 heavy (non-hydrogen) atoms. The van der Waals surface area contributed by atoms with Crippen LogP contribution in [0.2, 0.25) is 0 Å². The predicted octanol–water partition coefficient (Wildman–Crippen LogP) is 5.46. The topological polar surface area (TPSA) is 53.1 Å². The predicted molar refractivity (Wildman–Crippen MR) is 115 cm³/mol. The van der Waals surface area contributed by atoms with Gasteiger partial charge in [-0.1, -0.05) is 26.0 Å². The van der Waals surface area contributed by atoms with Gasteiger partial charge < -0.3 is 15.5 Å². The molecule has 3 rings (SSSR count). The van der Waals surface area contributed by atoms with Crippen LogP contribution in [0.1, 0.15) is 31.2 Å². The summed E-state index contributed by atoms with van der Waals surface area (Å²) in [6, 6.07) is 18.6. The number of benzene rings is 2. The zero-order chi connectivity index (χ0) is 19.4. The SMILES string of the molecule is Cc1nc(Nc2ccc(C(C)C)cc2)cc(Nc2ccc(N(C)C)cc2)n1. The molecule has 1 heterocycles. The van der Waals surface area contributed by atoms with Crippen molar-refractivity contribution in [2.45, 2.75) is 26.7 Å². The third-order valence-electron chi connectivity index (χ3n) is 4.34. The van der Waals surface area contributed by atoms with E-state index < -0.39 is 0 Å². The maximum Gasteiger partial charge on any atom is 0.136 e. The van der Waals surface area contributed by atoms with Crippen molar-refractivity contribution in [3.8, 4) is 0 Å². The summed E-state index contributed by atoms with van der Waals surface area (Å²) in [4.78, 5) is 11.1. The first-order valence-corrected chi connectivity index (χ1v) is 9.18. The fourth-order valence-electron chi connectivity index (χ4n) is 2.79. The number of hydrogen-bond acceptors (Lipinski definition) is 5. The molecule has 0 saturated heterocycles. The van der Waals surface area contributed by atoms with Gasteiger partial charge in [0.05, 0.1) is 0 Å². The highest BCUT2D eigenvalue weighted by Crippen LogP contribution is 2.23.